The van der Waals surface area contributed by atoms with Crippen LogP contribution in [-0.2, 0) is 10.0 Å². The van der Waals surface area contributed by atoms with Crippen LogP contribution in [0.15, 0.2) is 0 Å². The molecular formula is C14H28N2O2S. The molecule has 4 nitrogen and oxygen atoms in total. The van der Waals surface area contributed by atoms with E-state index < -0.39 is 10.0 Å². The second-order valence-corrected chi connectivity index (χ2v) is 8.41. The third-order valence-corrected chi connectivity index (χ3v) is 6.21. The maximum absolute atomic E-state index is 12.1. The predicted molar refractivity (Wildman–Crippen MR) is 78.6 cm³/mol. The van der Waals surface area contributed by atoms with E-state index in [-0.39, 0.29) is 5.25 Å². The van der Waals surface area contributed by atoms with Crippen LogP contribution >= 0.6 is 0 Å². The molecule has 0 spiro atoms. The van der Waals surface area contributed by atoms with Crippen molar-refractivity contribution in [1.29, 1.82) is 0 Å². The number of sulfonamides is 1. The fourth-order valence-electron chi connectivity index (χ4n) is 2.75. The predicted octanol–water partition coefficient (Wildman–Crippen LogP) is 2.02. The van der Waals surface area contributed by atoms with Crippen LogP contribution in [0.2, 0.25) is 0 Å². The van der Waals surface area contributed by atoms with Gasteiger partial charge in [0.25, 0.3) is 0 Å². The molecule has 0 bridgehead atoms. The lowest BCUT2D eigenvalue weighted by Crippen LogP contribution is -2.40. The van der Waals surface area contributed by atoms with Gasteiger partial charge in [-0.2, -0.15) is 0 Å². The molecule has 2 fully saturated rings. The van der Waals surface area contributed by atoms with Crippen molar-refractivity contribution in [3.8, 4) is 0 Å². The van der Waals surface area contributed by atoms with E-state index in [4.69, 9.17) is 0 Å². The van der Waals surface area contributed by atoms with Crippen molar-refractivity contribution < 1.29 is 8.42 Å². The van der Waals surface area contributed by atoms with Crippen molar-refractivity contribution in [2.45, 2.75) is 69.6 Å². The Kier molecular flexibility index (Phi) is 5.66. The van der Waals surface area contributed by atoms with Gasteiger partial charge in [0.1, 0.15) is 0 Å². The molecule has 0 radical (unpaired) electrons. The van der Waals surface area contributed by atoms with Gasteiger partial charge in [0.2, 0.25) is 10.0 Å². The minimum atomic E-state index is -3.14. The Hall–Kier alpha value is -0.130. The van der Waals surface area contributed by atoms with Crippen LogP contribution in [-0.4, -0.2) is 32.8 Å². The third-order valence-electron chi connectivity index (χ3n) is 4.38. The molecule has 1 atom stereocenters. The molecule has 0 aliphatic heterocycles. The molecule has 112 valence electrons. The van der Waals surface area contributed by atoms with Crippen LogP contribution in [0.1, 0.15) is 58.3 Å². The van der Waals surface area contributed by atoms with Crippen LogP contribution in [0.25, 0.3) is 0 Å². The zero-order valence-electron chi connectivity index (χ0n) is 12.0. The maximum Gasteiger partial charge on any atom is 0.215 e. The summed E-state index contributed by atoms with van der Waals surface area (Å²) in [7, 11) is -3.14. The highest BCUT2D eigenvalue weighted by molar-refractivity contribution is 7.90. The zero-order valence-corrected chi connectivity index (χ0v) is 12.8. The number of nitrogens with one attached hydrogen (secondary N) is 2. The molecule has 2 saturated carbocycles. The van der Waals surface area contributed by atoms with Crippen molar-refractivity contribution in [3.63, 3.8) is 0 Å². The van der Waals surface area contributed by atoms with Crippen molar-refractivity contribution >= 4 is 10.0 Å². The molecular weight excluding hydrogens is 260 g/mol. The first-order valence-corrected chi connectivity index (χ1v) is 9.34. The number of hydrogen-bond acceptors (Lipinski definition) is 3. The lowest BCUT2D eigenvalue weighted by Gasteiger charge is -2.22. The van der Waals surface area contributed by atoms with Gasteiger partial charge in [-0.25, -0.2) is 13.1 Å². The number of hydrogen-bond donors (Lipinski definition) is 2. The second-order valence-electron chi connectivity index (χ2n) is 6.23. The van der Waals surface area contributed by atoms with E-state index >= 15 is 0 Å². The molecule has 0 saturated heterocycles. The van der Waals surface area contributed by atoms with E-state index in [0.29, 0.717) is 19.1 Å². The smallest absolute Gasteiger partial charge is 0.215 e. The lowest BCUT2D eigenvalue weighted by atomic mass is 9.87. The van der Waals surface area contributed by atoms with E-state index in [1.165, 1.54) is 44.9 Å². The molecule has 0 aromatic carbocycles. The Bertz CT molecular complexity index is 360. The molecule has 2 aliphatic carbocycles. The largest absolute Gasteiger partial charge is 0.313 e. The van der Waals surface area contributed by atoms with Gasteiger partial charge in [0.15, 0.2) is 0 Å². The summed E-state index contributed by atoms with van der Waals surface area (Å²) in [5.74, 6) is 0.733. The minimum Gasteiger partial charge on any atom is -0.313 e. The molecule has 2 aliphatic rings. The van der Waals surface area contributed by atoms with Crippen molar-refractivity contribution in [2.24, 2.45) is 5.92 Å². The van der Waals surface area contributed by atoms with E-state index in [9.17, 15) is 8.42 Å². The van der Waals surface area contributed by atoms with Crippen LogP contribution in [0.5, 0.6) is 0 Å². The van der Waals surface area contributed by atoms with Crippen molar-refractivity contribution in [1.82, 2.24) is 10.0 Å². The van der Waals surface area contributed by atoms with Crippen molar-refractivity contribution in [2.75, 3.05) is 13.1 Å². The van der Waals surface area contributed by atoms with Crippen LogP contribution in [0.4, 0.5) is 0 Å². The Morgan fingerprint density at radius 3 is 2.42 bits per heavy atom. The topological polar surface area (TPSA) is 58.2 Å². The summed E-state index contributed by atoms with van der Waals surface area (Å²) >= 11 is 0. The minimum absolute atomic E-state index is 0.334. The van der Waals surface area contributed by atoms with Crippen LogP contribution in [0.3, 0.4) is 0 Å². The van der Waals surface area contributed by atoms with E-state index in [1.54, 1.807) is 6.92 Å². The van der Waals surface area contributed by atoms with Gasteiger partial charge in [-0.3, -0.25) is 0 Å². The molecule has 0 aromatic heterocycles. The first-order chi connectivity index (χ1) is 9.08. The summed E-state index contributed by atoms with van der Waals surface area (Å²) < 4.78 is 26.9. The second kappa shape index (κ2) is 7.04. The third kappa shape index (κ3) is 5.40. The van der Waals surface area contributed by atoms with E-state index in [2.05, 4.69) is 10.0 Å². The molecule has 0 aromatic rings. The average Bonchev–Trinajstić information content (AvgIpc) is 3.21. The van der Waals surface area contributed by atoms with Gasteiger partial charge in [0, 0.05) is 19.1 Å². The summed E-state index contributed by atoms with van der Waals surface area (Å²) in [5.41, 5.74) is 0. The van der Waals surface area contributed by atoms with Crippen molar-refractivity contribution in [3.05, 3.63) is 0 Å². The first-order valence-electron chi connectivity index (χ1n) is 7.80. The van der Waals surface area contributed by atoms with Gasteiger partial charge in [0.05, 0.1) is 5.25 Å². The normalized spacial score (nSPS) is 23.4. The lowest BCUT2D eigenvalue weighted by molar-refractivity contribution is 0.339. The standard InChI is InChI=1S/C14H28N2O2S/c1-12(11-15-14-7-8-14)19(17,18)16-10-9-13-5-3-2-4-6-13/h12-16H,2-11H2,1H3. The molecule has 5 heteroatoms. The Morgan fingerprint density at radius 1 is 1.11 bits per heavy atom. The van der Waals surface area contributed by atoms with Crippen LogP contribution in [0, 0.1) is 5.92 Å². The first kappa shape index (κ1) is 15.3. The molecule has 2 N–H and O–H groups in total. The molecule has 1 unspecified atom stereocenters. The zero-order chi connectivity index (χ0) is 13.7. The quantitative estimate of drug-likeness (QED) is 0.718. The Labute approximate surface area is 117 Å². The van der Waals surface area contributed by atoms with Gasteiger partial charge in [-0.15, -0.1) is 0 Å². The fraction of sp³-hybridized carbons (Fsp3) is 1.00. The molecule has 0 heterocycles. The van der Waals surface area contributed by atoms with Gasteiger partial charge < -0.3 is 5.32 Å². The SMILES string of the molecule is CC(CNC1CC1)S(=O)(=O)NCCC1CCCCC1. The van der Waals surface area contributed by atoms with Gasteiger partial charge in [-0.1, -0.05) is 32.1 Å². The monoisotopic (exact) mass is 288 g/mol. The Balaban J connectivity index is 1.64. The number of rotatable bonds is 8. The summed E-state index contributed by atoms with van der Waals surface area (Å²) in [5, 5.41) is 2.95. The highest BCUT2D eigenvalue weighted by atomic mass is 32.2. The van der Waals surface area contributed by atoms with E-state index in [0.717, 1.165) is 12.3 Å². The highest BCUT2D eigenvalue weighted by Gasteiger charge is 2.25. The van der Waals surface area contributed by atoms with E-state index in [1.807, 2.05) is 0 Å². The maximum atomic E-state index is 12.1. The molecule has 0 amide bonds. The fourth-order valence-corrected chi connectivity index (χ4v) is 3.76. The van der Waals surface area contributed by atoms with Gasteiger partial charge >= 0.3 is 0 Å². The van der Waals surface area contributed by atoms with Gasteiger partial charge in [-0.05, 0) is 32.1 Å². The average molecular weight is 288 g/mol. The molecule has 19 heavy (non-hydrogen) atoms. The highest BCUT2D eigenvalue weighted by Crippen LogP contribution is 2.25. The van der Waals surface area contributed by atoms with Crippen LogP contribution < -0.4 is 10.0 Å². The summed E-state index contributed by atoms with van der Waals surface area (Å²) in [6.07, 6.45) is 9.94. The summed E-state index contributed by atoms with van der Waals surface area (Å²) in [6.45, 7) is 2.97. The summed E-state index contributed by atoms with van der Waals surface area (Å²) in [6, 6.07) is 0.569. The molecule has 2 rings (SSSR count). The summed E-state index contributed by atoms with van der Waals surface area (Å²) in [4.78, 5) is 0. The Morgan fingerprint density at radius 2 is 1.79 bits per heavy atom.